The molecule has 1 amide bonds. The van der Waals surface area contributed by atoms with Crippen molar-refractivity contribution in [3.63, 3.8) is 0 Å². The van der Waals surface area contributed by atoms with Gasteiger partial charge in [-0.1, -0.05) is 39.9 Å². The minimum atomic E-state index is -1.09. The molecule has 21 heavy (non-hydrogen) atoms. The van der Waals surface area contributed by atoms with Crippen LogP contribution in [0.3, 0.4) is 0 Å². The molecule has 1 saturated heterocycles. The van der Waals surface area contributed by atoms with Gasteiger partial charge in [0.2, 0.25) is 0 Å². The first-order chi connectivity index (χ1) is 9.86. The van der Waals surface area contributed by atoms with E-state index in [4.69, 9.17) is 22.1 Å². The van der Waals surface area contributed by atoms with Gasteiger partial charge < -0.3 is 15.2 Å². The van der Waals surface area contributed by atoms with E-state index in [1.807, 2.05) is 0 Å². The summed E-state index contributed by atoms with van der Waals surface area (Å²) in [7, 11) is 0. The predicted molar refractivity (Wildman–Crippen MR) is 91.3 cm³/mol. The molecule has 2 rings (SSSR count). The first kappa shape index (κ1) is 16.5. The van der Waals surface area contributed by atoms with Crippen molar-refractivity contribution in [2.24, 2.45) is 0 Å². The summed E-state index contributed by atoms with van der Waals surface area (Å²) in [4.78, 5) is 22.8. The molecular weight excluding hydrogens is 446 g/mol. The summed E-state index contributed by atoms with van der Waals surface area (Å²) in [5, 5.41) is 11.2. The molecule has 0 aromatic heterocycles. The Morgan fingerprint density at radius 1 is 1.48 bits per heavy atom. The van der Waals surface area contributed by atoms with Crippen LogP contribution in [0.5, 0.6) is 5.75 Å². The second kappa shape index (κ2) is 6.91. The predicted octanol–water partition coefficient (Wildman–Crippen LogP) is 3.16. The highest BCUT2D eigenvalue weighted by molar-refractivity contribution is 9.11. The minimum Gasteiger partial charge on any atom is -0.480 e. The Labute approximate surface area is 146 Å². The summed E-state index contributed by atoms with van der Waals surface area (Å²) in [5.41, 5.74) is 0.569. The first-order valence-electron chi connectivity index (χ1n) is 5.45. The Balaban J connectivity index is 2.41. The van der Waals surface area contributed by atoms with E-state index in [0.717, 1.165) is 16.2 Å². The normalized spacial score (nSPS) is 16.2. The second-order valence-corrected chi connectivity index (χ2v) is 7.33. The fraction of sp³-hybridized carbons (Fsp3) is 0.0833. The van der Waals surface area contributed by atoms with Gasteiger partial charge in [0.05, 0.1) is 9.38 Å². The summed E-state index contributed by atoms with van der Waals surface area (Å²) in [5.74, 6) is -1.03. The summed E-state index contributed by atoms with van der Waals surface area (Å²) < 4.78 is 6.99. The molecule has 1 aliphatic rings. The summed E-state index contributed by atoms with van der Waals surface area (Å²) in [6.45, 7) is -0.478. The third-order valence-corrected chi connectivity index (χ3v) is 4.52. The van der Waals surface area contributed by atoms with Crippen LogP contribution >= 0.6 is 55.8 Å². The van der Waals surface area contributed by atoms with Gasteiger partial charge in [0.1, 0.15) is 10.1 Å². The van der Waals surface area contributed by atoms with Crippen LogP contribution in [0.2, 0.25) is 0 Å². The third-order valence-electron chi connectivity index (χ3n) is 2.31. The highest BCUT2D eigenvalue weighted by atomic mass is 79.9. The summed E-state index contributed by atoms with van der Waals surface area (Å²) >= 11 is 12.7. The number of ether oxygens (including phenoxy) is 1. The lowest BCUT2D eigenvalue weighted by atomic mass is 10.2. The van der Waals surface area contributed by atoms with E-state index in [1.54, 1.807) is 18.2 Å². The monoisotopic (exact) mass is 451 g/mol. The van der Waals surface area contributed by atoms with Crippen LogP contribution in [0.1, 0.15) is 5.56 Å². The fourth-order valence-electron chi connectivity index (χ4n) is 1.54. The van der Waals surface area contributed by atoms with E-state index in [1.165, 1.54) is 0 Å². The lowest BCUT2D eigenvalue weighted by Crippen LogP contribution is -2.17. The van der Waals surface area contributed by atoms with Crippen LogP contribution in [-0.2, 0) is 9.59 Å². The molecule has 1 fully saturated rings. The van der Waals surface area contributed by atoms with Crippen LogP contribution in [-0.4, -0.2) is 27.9 Å². The molecule has 5 nitrogen and oxygen atoms in total. The molecule has 1 aromatic rings. The third kappa shape index (κ3) is 4.29. The van der Waals surface area contributed by atoms with Crippen molar-refractivity contribution in [1.29, 1.82) is 0 Å². The number of thiocarbonyl (C=S) groups is 1. The molecule has 0 radical (unpaired) electrons. The quantitative estimate of drug-likeness (QED) is 0.539. The first-order valence-corrected chi connectivity index (χ1v) is 8.26. The number of hydrogen-bond acceptors (Lipinski definition) is 5. The van der Waals surface area contributed by atoms with Gasteiger partial charge in [0.25, 0.3) is 5.91 Å². The highest BCUT2D eigenvalue weighted by Crippen LogP contribution is 2.36. The Bertz CT molecular complexity index is 675. The van der Waals surface area contributed by atoms with Crippen molar-refractivity contribution in [2.75, 3.05) is 6.61 Å². The average Bonchev–Trinajstić information content (AvgIpc) is 2.66. The molecule has 0 spiro atoms. The van der Waals surface area contributed by atoms with Gasteiger partial charge in [-0.2, -0.15) is 0 Å². The van der Waals surface area contributed by atoms with E-state index >= 15 is 0 Å². The standard InChI is InChI=1S/C12H7Br2NO4S2/c13-6-1-5(2-8-11(18)15-12(20)21-8)10(7(14)3-6)19-4-9(16)17/h1-3H,4H2,(H,16,17)(H,15,18,20). The fourth-order valence-corrected chi connectivity index (χ4v) is 3.94. The molecule has 9 heteroatoms. The maximum absolute atomic E-state index is 11.7. The average molecular weight is 453 g/mol. The van der Waals surface area contributed by atoms with Crippen LogP contribution in [0.4, 0.5) is 0 Å². The number of amides is 1. The summed E-state index contributed by atoms with van der Waals surface area (Å²) in [6.07, 6.45) is 1.60. The number of carbonyl (C=O) groups excluding carboxylic acids is 1. The lowest BCUT2D eigenvalue weighted by molar-refractivity contribution is -0.139. The highest BCUT2D eigenvalue weighted by Gasteiger charge is 2.23. The number of rotatable bonds is 4. The largest absolute Gasteiger partial charge is 0.480 e. The van der Waals surface area contributed by atoms with Crippen molar-refractivity contribution in [2.45, 2.75) is 0 Å². The van der Waals surface area contributed by atoms with E-state index in [2.05, 4.69) is 37.2 Å². The molecule has 0 aliphatic carbocycles. The topological polar surface area (TPSA) is 75.6 Å². The van der Waals surface area contributed by atoms with Crippen LogP contribution in [0.15, 0.2) is 26.0 Å². The van der Waals surface area contributed by atoms with Gasteiger partial charge in [-0.05, 0) is 34.1 Å². The zero-order chi connectivity index (χ0) is 15.6. The van der Waals surface area contributed by atoms with Crippen LogP contribution in [0, 0.1) is 0 Å². The van der Waals surface area contributed by atoms with Gasteiger partial charge in [0, 0.05) is 10.0 Å². The molecule has 1 aliphatic heterocycles. The minimum absolute atomic E-state index is 0.287. The number of carboxylic acids is 1. The Hall–Kier alpha value is -0.900. The number of aliphatic carboxylic acids is 1. The van der Waals surface area contributed by atoms with E-state index < -0.39 is 12.6 Å². The number of carbonyl (C=O) groups is 2. The van der Waals surface area contributed by atoms with Gasteiger partial charge >= 0.3 is 5.97 Å². The molecule has 1 aromatic carbocycles. The van der Waals surface area contributed by atoms with Crippen molar-refractivity contribution >= 4 is 78.1 Å². The second-order valence-electron chi connectivity index (χ2n) is 3.84. The van der Waals surface area contributed by atoms with Gasteiger partial charge in [-0.15, -0.1) is 0 Å². The number of halogens is 2. The van der Waals surface area contributed by atoms with Gasteiger partial charge in [0.15, 0.2) is 6.61 Å². The SMILES string of the molecule is O=C(O)COc1c(Br)cc(Br)cc1C=C1SC(=S)NC1=O. The van der Waals surface area contributed by atoms with E-state index in [0.29, 0.717) is 25.0 Å². The number of thioether (sulfide) groups is 1. The maximum Gasteiger partial charge on any atom is 0.341 e. The molecule has 110 valence electrons. The van der Waals surface area contributed by atoms with Crippen molar-refractivity contribution in [3.05, 3.63) is 31.5 Å². The number of nitrogens with one attached hydrogen (secondary N) is 1. The van der Waals surface area contributed by atoms with Gasteiger partial charge in [-0.3, -0.25) is 4.79 Å². The van der Waals surface area contributed by atoms with Crippen molar-refractivity contribution in [1.82, 2.24) is 5.32 Å². The Morgan fingerprint density at radius 3 is 2.76 bits per heavy atom. The number of benzene rings is 1. The van der Waals surface area contributed by atoms with Gasteiger partial charge in [-0.25, -0.2) is 4.79 Å². The van der Waals surface area contributed by atoms with Crippen LogP contribution in [0.25, 0.3) is 6.08 Å². The zero-order valence-electron chi connectivity index (χ0n) is 10.2. The molecular formula is C12H7Br2NO4S2. The molecule has 2 N–H and O–H groups in total. The summed E-state index contributed by atoms with van der Waals surface area (Å²) in [6, 6.07) is 3.45. The molecule has 1 heterocycles. The number of hydrogen-bond donors (Lipinski definition) is 2. The van der Waals surface area contributed by atoms with E-state index in [9.17, 15) is 9.59 Å². The Morgan fingerprint density at radius 2 is 2.19 bits per heavy atom. The molecule has 0 unspecified atom stereocenters. The molecule has 0 bridgehead atoms. The van der Waals surface area contributed by atoms with Crippen molar-refractivity contribution in [3.8, 4) is 5.75 Å². The lowest BCUT2D eigenvalue weighted by Gasteiger charge is -2.10. The van der Waals surface area contributed by atoms with E-state index in [-0.39, 0.29) is 5.91 Å². The zero-order valence-corrected chi connectivity index (χ0v) is 15.0. The smallest absolute Gasteiger partial charge is 0.341 e. The molecule has 0 saturated carbocycles. The number of carboxylic acid groups (broad SMARTS) is 1. The Kier molecular flexibility index (Phi) is 5.42. The maximum atomic E-state index is 11.7. The molecule has 0 atom stereocenters. The van der Waals surface area contributed by atoms with Crippen molar-refractivity contribution < 1.29 is 19.4 Å². The van der Waals surface area contributed by atoms with Crippen LogP contribution < -0.4 is 10.1 Å².